The van der Waals surface area contributed by atoms with Crippen molar-refractivity contribution in [1.82, 2.24) is 9.88 Å². The van der Waals surface area contributed by atoms with Crippen LogP contribution >= 0.6 is 11.3 Å². The van der Waals surface area contributed by atoms with Crippen molar-refractivity contribution in [1.29, 1.82) is 0 Å². The first kappa shape index (κ1) is 14.5. The van der Waals surface area contributed by atoms with Gasteiger partial charge in [-0.05, 0) is 30.0 Å². The molecule has 0 fully saturated rings. The number of amides is 1. The molecule has 0 saturated heterocycles. The fourth-order valence-electron chi connectivity index (χ4n) is 1.88. The monoisotopic (exact) mass is 289 g/mol. The van der Waals surface area contributed by atoms with Crippen LogP contribution in [0.5, 0.6) is 0 Å². The molecule has 0 bridgehead atoms. The summed E-state index contributed by atoms with van der Waals surface area (Å²) in [5.41, 5.74) is 0.625. The van der Waals surface area contributed by atoms with Crippen LogP contribution < -0.4 is 5.32 Å². The van der Waals surface area contributed by atoms with Crippen molar-refractivity contribution >= 4 is 23.1 Å². The van der Waals surface area contributed by atoms with Crippen LogP contribution in [0.3, 0.4) is 0 Å². The molecule has 0 atom stereocenters. The van der Waals surface area contributed by atoms with E-state index in [9.17, 15) is 4.79 Å². The highest BCUT2D eigenvalue weighted by atomic mass is 32.1. The first-order chi connectivity index (χ1) is 9.72. The summed E-state index contributed by atoms with van der Waals surface area (Å²) in [6.07, 6.45) is 2.70. The lowest BCUT2D eigenvalue weighted by Gasteiger charge is -2.18. The Kier molecular flexibility index (Phi) is 5.12. The van der Waals surface area contributed by atoms with Gasteiger partial charge in [0, 0.05) is 24.7 Å². The molecule has 1 N–H and O–H groups in total. The fraction of sp³-hybridized carbons (Fsp3) is 0.333. The zero-order chi connectivity index (χ0) is 14.4. The summed E-state index contributed by atoms with van der Waals surface area (Å²) in [7, 11) is 1.82. The molecule has 106 valence electrons. The van der Waals surface area contributed by atoms with Crippen LogP contribution in [-0.2, 0) is 6.54 Å². The van der Waals surface area contributed by atoms with Crippen LogP contribution in [0.15, 0.2) is 35.8 Å². The molecular weight excluding hydrogens is 270 g/mol. The van der Waals surface area contributed by atoms with Crippen molar-refractivity contribution in [2.75, 3.05) is 18.9 Å². The van der Waals surface area contributed by atoms with Gasteiger partial charge in [-0.2, -0.15) is 0 Å². The molecule has 2 aromatic rings. The van der Waals surface area contributed by atoms with Crippen molar-refractivity contribution in [3.63, 3.8) is 0 Å². The molecule has 0 saturated carbocycles. The van der Waals surface area contributed by atoms with Gasteiger partial charge in [0.1, 0.15) is 5.82 Å². The van der Waals surface area contributed by atoms with Gasteiger partial charge < -0.3 is 10.2 Å². The summed E-state index contributed by atoms with van der Waals surface area (Å²) in [4.78, 5) is 19.7. The SMILES string of the molecule is CCCNc1ncccc1C(=O)N(C)Cc1cccs1. The third-order valence-corrected chi connectivity index (χ3v) is 3.76. The van der Waals surface area contributed by atoms with Crippen molar-refractivity contribution in [2.45, 2.75) is 19.9 Å². The van der Waals surface area contributed by atoms with Crippen LogP contribution in [0, 0.1) is 0 Å². The largest absolute Gasteiger partial charge is 0.369 e. The maximum absolute atomic E-state index is 12.5. The maximum Gasteiger partial charge on any atom is 0.257 e. The highest BCUT2D eigenvalue weighted by molar-refractivity contribution is 7.09. The van der Waals surface area contributed by atoms with E-state index < -0.39 is 0 Å². The van der Waals surface area contributed by atoms with Crippen molar-refractivity contribution < 1.29 is 4.79 Å². The van der Waals surface area contributed by atoms with Gasteiger partial charge in [0.15, 0.2) is 0 Å². The van der Waals surface area contributed by atoms with Crippen molar-refractivity contribution in [3.05, 3.63) is 46.3 Å². The lowest BCUT2D eigenvalue weighted by molar-refractivity contribution is 0.0787. The first-order valence-corrected chi connectivity index (χ1v) is 7.57. The van der Waals surface area contributed by atoms with Crippen LogP contribution in [0.1, 0.15) is 28.6 Å². The van der Waals surface area contributed by atoms with Crippen molar-refractivity contribution in [2.24, 2.45) is 0 Å². The summed E-state index contributed by atoms with van der Waals surface area (Å²) in [5, 5.41) is 5.22. The van der Waals surface area contributed by atoms with E-state index in [0.717, 1.165) is 13.0 Å². The number of hydrogen-bond acceptors (Lipinski definition) is 4. The first-order valence-electron chi connectivity index (χ1n) is 6.69. The Bertz CT molecular complexity index is 554. The maximum atomic E-state index is 12.5. The normalized spacial score (nSPS) is 10.3. The minimum absolute atomic E-state index is 0.00916. The van der Waals surface area contributed by atoms with E-state index in [1.807, 2.05) is 30.6 Å². The van der Waals surface area contributed by atoms with Gasteiger partial charge in [-0.1, -0.05) is 13.0 Å². The fourth-order valence-corrected chi connectivity index (χ4v) is 2.63. The van der Waals surface area contributed by atoms with Crippen LogP contribution in [0.4, 0.5) is 5.82 Å². The molecule has 4 nitrogen and oxygen atoms in total. The van der Waals surface area contributed by atoms with Gasteiger partial charge in [0.25, 0.3) is 5.91 Å². The Morgan fingerprint density at radius 2 is 2.25 bits per heavy atom. The number of rotatable bonds is 6. The quantitative estimate of drug-likeness (QED) is 0.888. The standard InChI is InChI=1S/C15H19N3OS/c1-3-8-16-14-13(7-4-9-17-14)15(19)18(2)11-12-6-5-10-20-12/h4-7,9-10H,3,8,11H2,1-2H3,(H,16,17). The van der Waals surface area contributed by atoms with E-state index in [-0.39, 0.29) is 5.91 Å². The number of thiophene rings is 1. The third kappa shape index (κ3) is 3.57. The second kappa shape index (κ2) is 7.05. The second-order valence-electron chi connectivity index (χ2n) is 4.57. The van der Waals surface area contributed by atoms with Gasteiger partial charge in [0.2, 0.25) is 0 Å². The Morgan fingerprint density at radius 3 is 2.95 bits per heavy atom. The molecule has 0 aliphatic heterocycles. The van der Waals surface area contributed by atoms with Gasteiger partial charge in [-0.3, -0.25) is 4.79 Å². The number of anilines is 1. The topological polar surface area (TPSA) is 45.2 Å². The molecule has 20 heavy (non-hydrogen) atoms. The van der Waals surface area contributed by atoms with Gasteiger partial charge >= 0.3 is 0 Å². The average Bonchev–Trinajstić information content (AvgIpc) is 2.97. The summed E-state index contributed by atoms with van der Waals surface area (Å²) in [5.74, 6) is 0.655. The van der Waals surface area contributed by atoms with Gasteiger partial charge in [0.05, 0.1) is 12.1 Å². The Hall–Kier alpha value is -1.88. The number of nitrogens with one attached hydrogen (secondary N) is 1. The van der Waals surface area contributed by atoms with E-state index in [1.54, 1.807) is 28.5 Å². The molecule has 1 amide bonds. The molecule has 5 heteroatoms. The number of pyridine rings is 1. The average molecular weight is 289 g/mol. The van der Waals surface area contributed by atoms with E-state index in [4.69, 9.17) is 0 Å². The van der Waals surface area contributed by atoms with Crippen LogP contribution in [0.25, 0.3) is 0 Å². The summed E-state index contributed by atoms with van der Waals surface area (Å²) in [6.45, 7) is 3.52. The number of carbonyl (C=O) groups excluding carboxylic acids is 1. The van der Waals surface area contributed by atoms with Gasteiger partial charge in [-0.15, -0.1) is 11.3 Å². The number of hydrogen-bond donors (Lipinski definition) is 1. The summed E-state index contributed by atoms with van der Waals surface area (Å²) < 4.78 is 0. The highest BCUT2D eigenvalue weighted by Gasteiger charge is 2.16. The summed E-state index contributed by atoms with van der Waals surface area (Å²) in [6, 6.07) is 7.64. The Labute approximate surface area is 123 Å². The minimum atomic E-state index is -0.00916. The van der Waals surface area contributed by atoms with Gasteiger partial charge in [-0.25, -0.2) is 4.98 Å². The lowest BCUT2D eigenvalue weighted by atomic mass is 10.2. The number of nitrogens with zero attached hydrogens (tertiary/aromatic N) is 2. The van der Waals surface area contributed by atoms with E-state index >= 15 is 0 Å². The van der Waals surface area contributed by atoms with Crippen LogP contribution in [0.2, 0.25) is 0 Å². The molecule has 2 aromatic heterocycles. The van der Waals surface area contributed by atoms with E-state index in [2.05, 4.69) is 17.2 Å². The lowest BCUT2D eigenvalue weighted by Crippen LogP contribution is -2.27. The predicted molar refractivity (Wildman–Crippen MR) is 83.1 cm³/mol. The number of carbonyl (C=O) groups is 1. The van der Waals surface area contributed by atoms with Crippen LogP contribution in [-0.4, -0.2) is 29.4 Å². The Balaban J connectivity index is 2.11. The minimum Gasteiger partial charge on any atom is -0.369 e. The molecule has 2 heterocycles. The molecule has 2 rings (SSSR count). The smallest absolute Gasteiger partial charge is 0.257 e. The molecule has 0 spiro atoms. The molecule has 0 unspecified atom stereocenters. The molecule has 0 aliphatic rings. The zero-order valence-corrected chi connectivity index (χ0v) is 12.6. The molecule has 0 radical (unpaired) electrons. The van der Waals surface area contributed by atoms with E-state index in [1.165, 1.54) is 4.88 Å². The third-order valence-electron chi connectivity index (χ3n) is 2.90. The Morgan fingerprint density at radius 1 is 1.40 bits per heavy atom. The molecular formula is C15H19N3OS. The zero-order valence-electron chi connectivity index (χ0n) is 11.8. The van der Waals surface area contributed by atoms with Crippen molar-refractivity contribution in [3.8, 4) is 0 Å². The van der Waals surface area contributed by atoms with E-state index in [0.29, 0.717) is 17.9 Å². The number of aromatic nitrogens is 1. The highest BCUT2D eigenvalue weighted by Crippen LogP contribution is 2.17. The summed E-state index contributed by atoms with van der Waals surface area (Å²) >= 11 is 1.66. The molecule has 0 aromatic carbocycles. The second-order valence-corrected chi connectivity index (χ2v) is 5.60. The molecule has 0 aliphatic carbocycles. The predicted octanol–water partition coefficient (Wildman–Crippen LogP) is 3.24.